The van der Waals surface area contributed by atoms with E-state index in [2.05, 4.69) is 15.8 Å². The number of carbonyl (C=O) groups is 2. The van der Waals surface area contributed by atoms with Gasteiger partial charge in [0.2, 0.25) is 0 Å². The summed E-state index contributed by atoms with van der Waals surface area (Å²) >= 11 is 0. The zero-order chi connectivity index (χ0) is 30.0. The maximum Gasteiger partial charge on any atom is 0.264 e. The molecule has 2 N–H and O–H groups in total. The molecule has 0 saturated heterocycles. The van der Waals surface area contributed by atoms with Crippen LogP contribution in [0.5, 0.6) is 11.5 Å². The number of anilines is 1. The Hall–Kier alpha value is -4.38. The molecule has 0 spiro atoms. The molecule has 10 nitrogen and oxygen atoms in total. The van der Waals surface area contributed by atoms with E-state index in [1.807, 2.05) is 6.92 Å². The second kappa shape index (κ2) is 14.5. The number of hydrazone groups is 1. The molecule has 1 aliphatic rings. The highest BCUT2D eigenvalue weighted by Crippen LogP contribution is 2.33. The second-order valence-electron chi connectivity index (χ2n) is 10.1. The van der Waals surface area contributed by atoms with Crippen molar-refractivity contribution < 1.29 is 27.5 Å². The summed E-state index contributed by atoms with van der Waals surface area (Å²) in [6, 6.07) is 20.1. The molecule has 0 aliphatic heterocycles. The fourth-order valence-corrected chi connectivity index (χ4v) is 6.12. The van der Waals surface area contributed by atoms with Gasteiger partial charge >= 0.3 is 0 Å². The molecule has 0 unspecified atom stereocenters. The molecular weight excluding hydrogens is 556 g/mol. The third-order valence-corrected chi connectivity index (χ3v) is 8.62. The van der Waals surface area contributed by atoms with Gasteiger partial charge < -0.3 is 14.8 Å². The Morgan fingerprint density at radius 2 is 1.69 bits per heavy atom. The monoisotopic (exact) mass is 592 g/mol. The zero-order valence-corrected chi connectivity index (χ0v) is 24.6. The summed E-state index contributed by atoms with van der Waals surface area (Å²) in [6.07, 6.45) is 6.96. The van der Waals surface area contributed by atoms with Gasteiger partial charge in [0.15, 0.2) is 6.61 Å². The standard InChI is InChI=1S/C31H36N4O6S/c1-23-13-18-29(40-2)28(19-23)35(42(38,39)27-11-7-4-8-12-27)21-30(36)34-32-20-24-14-16-26(17-15-24)41-22-31(37)33-25-9-5-3-6-10-25/h4,7-8,11-20,25H,3,5-6,9-10,21-22H2,1-2H3,(H,33,37)(H,34,36)/b32-20-. The lowest BCUT2D eigenvalue weighted by atomic mass is 9.95. The van der Waals surface area contributed by atoms with Crippen LogP contribution in [0.1, 0.15) is 43.2 Å². The molecule has 222 valence electrons. The fraction of sp³-hybridized carbons (Fsp3) is 0.323. The van der Waals surface area contributed by atoms with Crippen molar-refractivity contribution in [1.29, 1.82) is 0 Å². The van der Waals surface area contributed by atoms with E-state index >= 15 is 0 Å². The first-order valence-electron chi connectivity index (χ1n) is 13.8. The molecule has 1 saturated carbocycles. The van der Waals surface area contributed by atoms with Crippen LogP contribution < -0.4 is 24.5 Å². The van der Waals surface area contributed by atoms with Gasteiger partial charge in [0.1, 0.15) is 18.0 Å². The maximum atomic E-state index is 13.6. The number of sulfonamides is 1. The quantitative estimate of drug-likeness (QED) is 0.240. The van der Waals surface area contributed by atoms with Gasteiger partial charge in [-0.2, -0.15) is 5.10 Å². The van der Waals surface area contributed by atoms with E-state index in [0.717, 1.165) is 35.6 Å². The molecule has 0 radical (unpaired) electrons. The molecule has 4 rings (SSSR count). The normalized spacial score (nSPS) is 13.9. The third-order valence-electron chi connectivity index (χ3n) is 6.84. The highest BCUT2D eigenvalue weighted by molar-refractivity contribution is 7.92. The number of hydrogen-bond acceptors (Lipinski definition) is 7. The molecule has 2 amide bonds. The van der Waals surface area contributed by atoms with Gasteiger partial charge in [0, 0.05) is 6.04 Å². The number of rotatable bonds is 12. The molecule has 3 aromatic rings. The minimum absolute atomic E-state index is 0.0404. The van der Waals surface area contributed by atoms with Crippen LogP contribution in [0.2, 0.25) is 0 Å². The van der Waals surface area contributed by atoms with Crippen molar-refractivity contribution >= 4 is 33.7 Å². The summed E-state index contributed by atoms with van der Waals surface area (Å²) in [4.78, 5) is 25.1. The largest absolute Gasteiger partial charge is 0.495 e. The Balaban J connectivity index is 1.37. The number of carbonyl (C=O) groups excluding carboxylic acids is 2. The van der Waals surface area contributed by atoms with Crippen molar-refractivity contribution in [1.82, 2.24) is 10.7 Å². The second-order valence-corrected chi connectivity index (χ2v) is 11.9. The number of methoxy groups -OCH3 is 1. The summed E-state index contributed by atoms with van der Waals surface area (Å²) in [5.41, 5.74) is 4.11. The van der Waals surface area contributed by atoms with E-state index in [9.17, 15) is 18.0 Å². The zero-order valence-electron chi connectivity index (χ0n) is 23.8. The summed E-state index contributed by atoms with van der Waals surface area (Å²) in [7, 11) is -2.66. The fourth-order valence-electron chi connectivity index (χ4n) is 4.67. The van der Waals surface area contributed by atoms with Crippen molar-refractivity contribution in [2.75, 3.05) is 24.6 Å². The Morgan fingerprint density at radius 1 is 0.976 bits per heavy atom. The Kier molecular flexibility index (Phi) is 10.6. The van der Waals surface area contributed by atoms with Crippen LogP contribution in [0, 0.1) is 6.92 Å². The van der Waals surface area contributed by atoms with E-state index in [4.69, 9.17) is 9.47 Å². The lowest BCUT2D eigenvalue weighted by Gasteiger charge is -2.25. The summed E-state index contributed by atoms with van der Waals surface area (Å²) < 4.78 is 39.2. The van der Waals surface area contributed by atoms with Crippen molar-refractivity contribution in [2.45, 2.75) is 50.0 Å². The lowest BCUT2D eigenvalue weighted by molar-refractivity contribution is -0.124. The van der Waals surface area contributed by atoms with Gasteiger partial charge in [-0.05, 0) is 79.4 Å². The van der Waals surface area contributed by atoms with Crippen LogP contribution in [0.4, 0.5) is 5.69 Å². The first-order chi connectivity index (χ1) is 20.3. The Morgan fingerprint density at radius 3 is 2.38 bits per heavy atom. The molecule has 42 heavy (non-hydrogen) atoms. The topological polar surface area (TPSA) is 126 Å². The van der Waals surface area contributed by atoms with Crippen LogP contribution in [0.15, 0.2) is 82.8 Å². The molecule has 3 aromatic carbocycles. The van der Waals surface area contributed by atoms with Crippen molar-refractivity contribution in [3.8, 4) is 11.5 Å². The highest BCUT2D eigenvalue weighted by atomic mass is 32.2. The number of hydrogen-bond donors (Lipinski definition) is 2. The van der Waals surface area contributed by atoms with E-state index in [-0.39, 0.29) is 29.1 Å². The van der Waals surface area contributed by atoms with Crippen molar-refractivity contribution in [3.05, 3.63) is 83.9 Å². The summed E-state index contributed by atoms with van der Waals surface area (Å²) in [5, 5.41) is 7.01. The third kappa shape index (κ3) is 8.32. The minimum Gasteiger partial charge on any atom is -0.495 e. The average molecular weight is 593 g/mol. The Bertz CT molecular complexity index is 1490. The van der Waals surface area contributed by atoms with Crippen LogP contribution in [-0.4, -0.2) is 52.8 Å². The molecule has 1 aliphatic carbocycles. The van der Waals surface area contributed by atoms with Crippen LogP contribution >= 0.6 is 0 Å². The summed E-state index contributed by atoms with van der Waals surface area (Å²) in [5.74, 6) is 0.0640. The van der Waals surface area contributed by atoms with Crippen molar-refractivity contribution in [2.24, 2.45) is 5.10 Å². The number of aryl methyl sites for hydroxylation is 1. The van der Waals surface area contributed by atoms with Gasteiger partial charge in [-0.15, -0.1) is 0 Å². The van der Waals surface area contributed by atoms with Gasteiger partial charge in [-0.1, -0.05) is 43.5 Å². The van der Waals surface area contributed by atoms with Gasteiger partial charge in [0.25, 0.3) is 21.8 Å². The highest BCUT2D eigenvalue weighted by Gasteiger charge is 2.29. The minimum atomic E-state index is -4.10. The predicted octanol–water partition coefficient (Wildman–Crippen LogP) is 4.18. The predicted molar refractivity (Wildman–Crippen MR) is 161 cm³/mol. The number of nitrogens with one attached hydrogen (secondary N) is 2. The SMILES string of the molecule is COc1ccc(C)cc1N(CC(=O)N/N=C\c1ccc(OCC(=O)NC2CCCCC2)cc1)S(=O)(=O)c1ccccc1. The van der Waals surface area contributed by atoms with Crippen LogP contribution in [0.25, 0.3) is 0 Å². The molecule has 0 bridgehead atoms. The maximum absolute atomic E-state index is 13.6. The summed E-state index contributed by atoms with van der Waals surface area (Å²) in [6.45, 7) is 1.24. The Labute approximate surface area is 246 Å². The van der Waals surface area contributed by atoms with E-state index < -0.39 is 22.5 Å². The number of amides is 2. The van der Waals surface area contributed by atoms with Crippen molar-refractivity contribution in [3.63, 3.8) is 0 Å². The molecule has 1 fully saturated rings. The number of ether oxygens (including phenoxy) is 2. The molecule has 11 heteroatoms. The van der Waals surface area contributed by atoms with Gasteiger partial charge in [0.05, 0.1) is 23.9 Å². The number of nitrogens with zero attached hydrogens (tertiary/aromatic N) is 2. The number of benzene rings is 3. The molecular formula is C31H36N4O6S. The first kappa shape index (κ1) is 30.6. The molecule has 0 aromatic heterocycles. The van der Waals surface area contributed by atoms with Crippen LogP contribution in [0.3, 0.4) is 0 Å². The van der Waals surface area contributed by atoms with E-state index in [1.54, 1.807) is 60.7 Å². The van der Waals surface area contributed by atoms with Gasteiger partial charge in [-0.25, -0.2) is 13.8 Å². The van der Waals surface area contributed by atoms with E-state index in [1.165, 1.54) is 31.9 Å². The van der Waals surface area contributed by atoms with Gasteiger partial charge in [-0.3, -0.25) is 13.9 Å². The first-order valence-corrected chi connectivity index (χ1v) is 15.3. The van der Waals surface area contributed by atoms with Crippen LogP contribution in [-0.2, 0) is 19.6 Å². The molecule has 0 heterocycles. The average Bonchev–Trinajstić information content (AvgIpc) is 3.00. The van der Waals surface area contributed by atoms with E-state index in [0.29, 0.717) is 17.1 Å². The lowest BCUT2D eigenvalue weighted by Crippen LogP contribution is -2.39. The molecule has 0 atom stereocenters. The smallest absolute Gasteiger partial charge is 0.264 e.